The molecular weight excluding hydrogens is 264 g/mol. The van der Waals surface area contributed by atoms with E-state index in [-0.39, 0.29) is 23.1 Å². The molecule has 0 aromatic heterocycles. The average Bonchev–Trinajstić information content (AvgIpc) is 2.75. The van der Waals surface area contributed by atoms with E-state index in [2.05, 4.69) is 11.6 Å². The fourth-order valence-electron chi connectivity index (χ4n) is 2.80. The molecule has 1 unspecified atom stereocenters. The van der Waals surface area contributed by atoms with Crippen LogP contribution < -0.4 is 5.32 Å². The lowest BCUT2D eigenvalue weighted by Gasteiger charge is -2.40. The summed E-state index contributed by atoms with van der Waals surface area (Å²) in [7, 11) is 0. The molecule has 1 aliphatic carbocycles. The van der Waals surface area contributed by atoms with E-state index in [0.29, 0.717) is 13.1 Å². The number of rotatable bonds is 5. The molecule has 108 valence electrons. The molecule has 5 nitrogen and oxygen atoms in total. The van der Waals surface area contributed by atoms with E-state index < -0.39 is 5.97 Å². The molecule has 0 bridgehead atoms. The van der Waals surface area contributed by atoms with Crippen LogP contribution in [0.3, 0.4) is 0 Å². The Morgan fingerprint density at radius 3 is 2.74 bits per heavy atom. The number of carbonyl (C=O) groups excluding carboxylic acids is 1. The van der Waals surface area contributed by atoms with Gasteiger partial charge in [0.1, 0.15) is 0 Å². The van der Waals surface area contributed by atoms with E-state index in [1.807, 2.05) is 11.8 Å². The lowest BCUT2D eigenvalue weighted by atomic mass is 9.84. The van der Waals surface area contributed by atoms with Crippen LogP contribution in [0.25, 0.3) is 0 Å². The van der Waals surface area contributed by atoms with Crippen molar-refractivity contribution >= 4 is 23.8 Å². The summed E-state index contributed by atoms with van der Waals surface area (Å²) in [4.78, 5) is 24.4. The number of thioether (sulfide) groups is 1. The van der Waals surface area contributed by atoms with Gasteiger partial charge in [0, 0.05) is 30.8 Å². The van der Waals surface area contributed by atoms with Crippen molar-refractivity contribution in [1.82, 2.24) is 10.2 Å². The number of likely N-dealkylation sites (tertiary alicyclic amines) is 1. The maximum Gasteiger partial charge on any atom is 0.317 e. The minimum Gasteiger partial charge on any atom is -0.481 e. The third-order valence-corrected chi connectivity index (χ3v) is 5.71. The Morgan fingerprint density at radius 2 is 2.21 bits per heavy atom. The van der Waals surface area contributed by atoms with Crippen LogP contribution in [0.4, 0.5) is 4.79 Å². The molecule has 0 aromatic rings. The lowest BCUT2D eigenvalue weighted by molar-refractivity contribution is -0.138. The fourth-order valence-corrected chi connectivity index (χ4v) is 3.72. The van der Waals surface area contributed by atoms with Gasteiger partial charge < -0.3 is 15.3 Å². The number of carboxylic acids is 1. The van der Waals surface area contributed by atoms with Crippen molar-refractivity contribution in [3.63, 3.8) is 0 Å². The lowest BCUT2D eigenvalue weighted by Crippen LogP contribution is -2.48. The van der Waals surface area contributed by atoms with Gasteiger partial charge in [0.05, 0.1) is 0 Å². The first-order valence-corrected chi connectivity index (χ1v) is 8.07. The Morgan fingerprint density at radius 1 is 1.47 bits per heavy atom. The van der Waals surface area contributed by atoms with Crippen molar-refractivity contribution in [2.45, 2.75) is 36.9 Å². The summed E-state index contributed by atoms with van der Waals surface area (Å²) >= 11 is 1.84. The molecule has 0 spiro atoms. The number of hydrogen-bond donors (Lipinski definition) is 2. The normalized spacial score (nSPS) is 24.9. The molecule has 1 saturated heterocycles. The molecule has 19 heavy (non-hydrogen) atoms. The van der Waals surface area contributed by atoms with E-state index >= 15 is 0 Å². The molecule has 1 atom stereocenters. The molecule has 2 amide bonds. The predicted molar refractivity (Wildman–Crippen MR) is 75.4 cm³/mol. The number of nitrogens with one attached hydrogen (secondary N) is 1. The number of carbonyl (C=O) groups is 2. The van der Waals surface area contributed by atoms with E-state index in [0.717, 1.165) is 13.0 Å². The molecule has 1 heterocycles. The van der Waals surface area contributed by atoms with Crippen molar-refractivity contribution < 1.29 is 14.7 Å². The summed E-state index contributed by atoms with van der Waals surface area (Å²) in [5.74, 6) is -0.662. The van der Waals surface area contributed by atoms with Crippen molar-refractivity contribution in [2.24, 2.45) is 5.92 Å². The predicted octanol–water partition coefficient (Wildman–Crippen LogP) is 1.78. The van der Waals surface area contributed by atoms with Crippen LogP contribution in [0.5, 0.6) is 0 Å². The van der Waals surface area contributed by atoms with E-state index in [1.54, 1.807) is 4.90 Å². The van der Waals surface area contributed by atoms with Gasteiger partial charge in [-0.25, -0.2) is 4.79 Å². The summed E-state index contributed by atoms with van der Waals surface area (Å²) in [6.07, 6.45) is 6.67. The Balaban J connectivity index is 1.73. The molecule has 2 aliphatic rings. The number of nitrogens with zero attached hydrogens (tertiary/aromatic N) is 1. The topological polar surface area (TPSA) is 69.6 Å². The SMILES string of the molecule is CSC1(CNC(=O)N2CCC(CC(=O)O)C2)CCC1. The van der Waals surface area contributed by atoms with Gasteiger partial charge >= 0.3 is 12.0 Å². The Labute approximate surface area is 118 Å². The number of urea groups is 1. The monoisotopic (exact) mass is 286 g/mol. The third kappa shape index (κ3) is 3.55. The minimum atomic E-state index is -0.775. The number of amides is 2. The zero-order valence-electron chi connectivity index (χ0n) is 11.4. The molecule has 0 radical (unpaired) electrons. The first kappa shape index (κ1) is 14.5. The van der Waals surface area contributed by atoms with Gasteiger partial charge in [0.2, 0.25) is 0 Å². The highest BCUT2D eigenvalue weighted by molar-refractivity contribution is 8.00. The highest BCUT2D eigenvalue weighted by Crippen LogP contribution is 2.42. The van der Waals surface area contributed by atoms with E-state index in [4.69, 9.17) is 5.11 Å². The van der Waals surface area contributed by atoms with Crippen molar-refractivity contribution in [3.8, 4) is 0 Å². The minimum absolute atomic E-state index is 0.0341. The van der Waals surface area contributed by atoms with Crippen LogP contribution >= 0.6 is 11.8 Å². The molecule has 2 fully saturated rings. The number of hydrogen-bond acceptors (Lipinski definition) is 3. The van der Waals surface area contributed by atoms with Gasteiger partial charge in [-0.05, 0) is 31.4 Å². The molecule has 1 saturated carbocycles. The van der Waals surface area contributed by atoms with Gasteiger partial charge in [0.25, 0.3) is 0 Å². The Kier molecular flexibility index (Phi) is 4.60. The van der Waals surface area contributed by atoms with Gasteiger partial charge in [-0.3, -0.25) is 4.79 Å². The van der Waals surface area contributed by atoms with E-state index in [1.165, 1.54) is 19.3 Å². The summed E-state index contributed by atoms with van der Waals surface area (Å²) in [6.45, 7) is 1.98. The summed E-state index contributed by atoms with van der Waals surface area (Å²) < 4.78 is 0.246. The second kappa shape index (κ2) is 6.03. The van der Waals surface area contributed by atoms with Crippen LogP contribution in [-0.4, -0.2) is 52.6 Å². The molecule has 2 rings (SSSR count). The van der Waals surface area contributed by atoms with Gasteiger partial charge in [-0.1, -0.05) is 6.42 Å². The molecule has 0 aromatic carbocycles. The highest BCUT2D eigenvalue weighted by Gasteiger charge is 2.37. The fraction of sp³-hybridized carbons (Fsp3) is 0.846. The maximum absolute atomic E-state index is 12.0. The van der Waals surface area contributed by atoms with Crippen LogP contribution in [0.15, 0.2) is 0 Å². The standard InChI is InChI=1S/C13H22N2O3S/c1-19-13(4-2-5-13)9-14-12(18)15-6-3-10(8-15)7-11(16)17/h10H,2-9H2,1H3,(H,14,18)(H,16,17). The van der Waals surface area contributed by atoms with Gasteiger partial charge in [0.15, 0.2) is 0 Å². The van der Waals surface area contributed by atoms with Gasteiger partial charge in [-0.2, -0.15) is 11.8 Å². The van der Waals surface area contributed by atoms with Gasteiger partial charge in [-0.15, -0.1) is 0 Å². The first-order chi connectivity index (χ1) is 9.04. The second-order valence-electron chi connectivity index (χ2n) is 5.60. The zero-order valence-corrected chi connectivity index (χ0v) is 12.2. The van der Waals surface area contributed by atoms with Crippen LogP contribution in [0, 0.1) is 5.92 Å². The van der Waals surface area contributed by atoms with E-state index in [9.17, 15) is 9.59 Å². The number of aliphatic carboxylic acids is 1. The smallest absolute Gasteiger partial charge is 0.317 e. The van der Waals surface area contributed by atoms with Crippen LogP contribution in [0.2, 0.25) is 0 Å². The van der Waals surface area contributed by atoms with Crippen molar-refractivity contribution in [2.75, 3.05) is 25.9 Å². The first-order valence-electron chi connectivity index (χ1n) is 6.84. The average molecular weight is 286 g/mol. The summed E-state index contributed by atoms with van der Waals surface area (Å²) in [5.41, 5.74) is 0. The van der Waals surface area contributed by atoms with Crippen molar-refractivity contribution in [1.29, 1.82) is 0 Å². The maximum atomic E-state index is 12.0. The molecule has 2 N–H and O–H groups in total. The molecule has 6 heteroatoms. The summed E-state index contributed by atoms with van der Waals surface area (Å²) in [5, 5.41) is 11.8. The van der Waals surface area contributed by atoms with Crippen molar-refractivity contribution in [3.05, 3.63) is 0 Å². The van der Waals surface area contributed by atoms with Crippen LogP contribution in [-0.2, 0) is 4.79 Å². The Bertz CT molecular complexity index is 352. The zero-order chi connectivity index (χ0) is 13.9. The van der Waals surface area contributed by atoms with Crippen LogP contribution in [0.1, 0.15) is 32.1 Å². The summed E-state index contributed by atoms with van der Waals surface area (Å²) in [6, 6.07) is -0.0341. The molecular formula is C13H22N2O3S. The third-order valence-electron chi connectivity index (χ3n) is 4.30. The number of carboxylic acid groups (broad SMARTS) is 1. The largest absolute Gasteiger partial charge is 0.481 e. The highest BCUT2D eigenvalue weighted by atomic mass is 32.2. The Hall–Kier alpha value is -0.910. The second-order valence-corrected chi connectivity index (χ2v) is 6.87. The quantitative estimate of drug-likeness (QED) is 0.808. The molecule has 1 aliphatic heterocycles.